The number of benzene rings is 1. The standard InChI is InChI=1S/C19H21NO2S/c1-14-6-3-4-7-16(14)15-9-11-19(12-10-15,18(21)22-2)20-13-5-8-17(20)23/h3-4,6-7,9-11H,5,8,12-13H2,1-2H3. The molecule has 1 atom stereocenters. The van der Waals surface area contributed by atoms with Crippen molar-refractivity contribution in [1.29, 1.82) is 0 Å². The van der Waals surface area contributed by atoms with Gasteiger partial charge in [0.05, 0.1) is 12.1 Å². The average molecular weight is 327 g/mol. The predicted molar refractivity (Wildman–Crippen MR) is 96.2 cm³/mol. The molecular weight excluding hydrogens is 306 g/mol. The van der Waals surface area contributed by atoms with Crippen molar-refractivity contribution in [2.45, 2.75) is 31.7 Å². The second-order valence-corrected chi connectivity index (χ2v) is 6.55. The molecule has 1 aliphatic heterocycles. The van der Waals surface area contributed by atoms with Crippen LogP contribution < -0.4 is 0 Å². The third-order valence-electron chi connectivity index (χ3n) is 4.72. The number of thiocarbonyl (C=S) groups is 1. The van der Waals surface area contributed by atoms with Gasteiger partial charge in [-0.3, -0.25) is 0 Å². The van der Waals surface area contributed by atoms with Crippen molar-refractivity contribution in [3.8, 4) is 0 Å². The molecule has 0 spiro atoms. The van der Waals surface area contributed by atoms with Crippen molar-refractivity contribution in [2.75, 3.05) is 13.7 Å². The van der Waals surface area contributed by atoms with E-state index < -0.39 is 5.54 Å². The number of carbonyl (C=O) groups is 1. The van der Waals surface area contributed by atoms with Crippen LogP contribution in [0.4, 0.5) is 0 Å². The van der Waals surface area contributed by atoms with Gasteiger partial charge in [-0.15, -0.1) is 0 Å². The lowest BCUT2D eigenvalue weighted by Gasteiger charge is -2.39. The smallest absolute Gasteiger partial charge is 0.336 e. The van der Waals surface area contributed by atoms with E-state index in [1.54, 1.807) is 0 Å². The summed E-state index contributed by atoms with van der Waals surface area (Å²) < 4.78 is 5.10. The molecule has 3 nitrogen and oxygen atoms in total. The number of methoxy groups -OCH3 is 1. The van der Waals surface area contributed by atoms with E-state index in [9.17, 15) is 4.79 Å². The molecule has 0 saturated carbocycles. The van der Waals surface area contributed by atoms with Crippen molar-refractivity contribution in [3.05, 3.63) is 53.6 Å². The summed E-state index contributed by atoms with van der Waals surface area (Å²) in [7, 11) is 1.44. The molecule has 120 valence electrons. The molecular formula is C19H21NO2S. The summed E-state index contributed by atoms with van der Waals surface area (Å²) in [5, 5.41) is 0. The Labute approximate surface area is 142 Å². The largest absolute Gasteiger partial charge is 0.467 e. The normalized spacial score (nSPS) is 23.8. The monoisotopic (exact) mass is 327 g/mol. The van der Waals surface area contributed by atoms with E-state index in [1.165, 1.54) is 18.2 Å². The van der Waals surface area contributed by atoms with Gasteiger partial charge in [0.1, 0.15) is 0 Å². The highest BCUT2D eigenvalue weighted by Crippen LogP contribution is 2.36. The zero-order valence-electron chi connectivity index (χ0n) is 13.5. The number of esters is 1. The van der Waals surface area contributed by atoms with E-state index in [1.807, 2.05) is 29.2 Å². The Balaban J connectivity index is 1.95. The third kappa shape index (κ3) is 2.72. The van der Waals surface area contributed by atoms with E-state index in [-0.39, 0.29) is 5.97 Å². The predicted octanol–water partition coefficient (Wildman–Crippen LogP) is 3.67. The summed E-state index contributed by atoms with van der Waals surface area (Å²) >= 11 is 5.47. The van der Waals surface area contributed by atoms with Crippen molar-refractivity contribution >= 4 is 28.7 Å². The van der Waals surface area contributed by atoms with Crippen LogP contribution >= 0.6 is 12.2 Å². The number of hydrogen-bond acceptors (Lipinski definition) is 3. The van der Waals surface area contributed by atoms with Gasteiger partial charge in [0.15, 0.2) is 5.54 Å². The quantitative estimate of drug-likeness (QED) is 0.626. The van der Waals surface area contributed by atoms with Gasteiger partial charge in [0.2, 0.25) is 0 Å². The Bertz CT molecular complexity index is 707. The van der Waals surface area contributed by atoms with Gasteiger partial charge in [0.25, 0.3) is 0 Å². The maximum Gasteiger partial charge on any atom is 0.336 e. The molecule has 4 heteroatoms. The highest BCUT2D eigenvalue weighted by atomic mass is 32.1. The SMILES string of the molecule is COC(=O)C1(N2CCCC2=S)C=CC(c2ccccc2C)=CC1. The van der Waals surface area contributed by atoms with Gasteiger partial charge < -0.3 is 9.64 Å². The summed E-state index contributed by atoms with van der Waals surface area (Å²) in [4.78, 5) is 15.4. The zero-order valence-corrected chi connectivity index (χ0v) is 14.4. The number of aryl methyl sites for hydroxylation is 1. The van der Waals surface area contributed by atoms with Gasteiger partial charge in [-0.05, 0) is 42.5 Å². The van der Waals surface area contributed by atoms with Crippen LogP contribution in [0.1, 0.15) is 30.4 Å². The molecule has 0 N–H and O–H groups in total. The second kappa shape index (κ2) is 6.28. The van der Waals surface area contributed by atoms with E-state index in [4.69, 9.17) is 17.0 Å². The van der Waals surface area contributed by atoms with Crippen LogP contribution in [0.5, 0.6) is 0 Å². The first kappa shape index (κ1) is 15.9. The maximum absolute atomic E-state index is 12.5. The summed E-state index contributed by atoms with van der Waals surface area (Å²) in [5.41, 5.74) is 2.79. The molecule has 1 aromatic carbocycles. The molecule has 0 bridgehead atoms. The average Bonchev–Trinajstić information content (AvgIpc) is 3.01. The fourth-order valence-corrected chi connectivity index (χ4v) is 3.83. The molecule has 23 heavy (non-hydrogen) atoms. The lowest BCUT2D eigenvalue weighted by atomic mass is 9.84. The molecule has 2 aliphatic rings. The minimum Gasteiger partial charge on any atom is -0.467 e. The Morgan fingerprint density at radius 2 is 2.13 bits per heavy atom. The van der Waals surface area contributed by atoms with Crippen LogP contribution in [0, 0.1) is 6.92 Å². The minimum atomic E-state index is -0.783. The van der Waals surface area contributed by atoms with Crippen molar-refractivity contribution in [1.82, 2.24) is 4.90 Å². The Morgan fingerprint density at radius 1 is 1.35 bits per heavy atom. The molecule has 3 rings (SSSR count). The molecule has 0 aromatic heterocycles. The third-order valence-corrected chi connectivity index (χ3v) is 5.15. The summed E-state index contributed by atoms with van der Waals surface area (Å²) in [6.07, 6.45) is 8.58. The van der Waals surface area contributed by atoms with Crippen LogP contribution in [0.25, 0.3) is 5.57 Å². The van der Waals surface area contributed by atoms with E-state index >= 15 is 0 Å². The fourth-order valence-electron chi connectivity index (χ4n) is 3.43. The van der Waals surface area contributed by atoms with Crippen LogP contribution in [0.3, 0.4) is 0 Å². The lowest BCUT2D eigenvalue weighted by molar-refractivity contribution is -0.149. The molecule has 1 heterocycles. The zero-order chi connectivity index (χ0) is 16.4. The highest BCUT2D eigenvalue weighted by molar-refractivity contribution is 7.80. The van der Waals surface area contributed by atoms with Crippen LogP contribution in [-0.2, 0) is 9.53 Å². The lowest BCUT2D eigenvalue weighted by Crippen LogP contribution is -2.54. The number of likely N-dealkylation sites (tertiary alicyclic amines) is 1. The highest BCUT2D eigenvalue weighted by Gasteiger charge is 2.45. The number of hydrogen-bond donors (Lipinski definition) is 0. The van der Waals surface area contributed by atoms with Crippen molar-refractivity contribution in [3.63, 3.8) is 0 Å². The summed E-state index contributed by atoms with van der Waals surface area (Å²) in [6.45, 7) is 2.91. The van der Waals surface area contributed by atoms with Crippen LogP contribution in [0.2, 0.25) is 0 Å². The first-order valence-electron chi connectivity index (χ1n) is 7.93. The molecule has 1 saturated heterocycles. The Kier molecular flexibility index (Phi) is 4.35. The number of allylic oxidation sites excluding steroid dienone is 2. The first-order valence-corrected chi connectivity index (χ1v) is 8.33. The molecule has 0 amide bonds. The van der Waals surface area contributed by atoms with Gasteiger partial charge in [-0.1, -0.05) is 48.6 Å². The number of nitrogens with zero attached hydrogens (tertiary/aromatic N) is 1. The van der Waals surface area contributed by atoms with E-state index in [0.29, 0.717) is 6.42 Å². The summed E-state index contributed by atoms with van der Waals surface area (Å²) in [5.74, 6) is -0.238. The minimum absolute atomic E-state index is 0.238. The Morgan fingerprint density at radius 3 is 2.70 bits per heavy atom. The molecule has 1 fully saturated rings. The van der Waals surface area contributed by atoms with Gasteiger partial charge in [-0.2, -0.15) is 0 Å². The fraction of sp³-hybridized carbons (Fsp3) is 0.368. The second-order valence-electron chi connectivity index (χ2n) is 6.08. The summed E-state index contributed by atoms with van der Waals surface area (Å²) in [6, 6.07) is 8.28. The Hall–Kier alpha value is -1.94. The first-order chi connectivity index (χ1) is 11.1. The number of ether oxygens (including phenoxy) is 1. The van der Waals surface area contributed by atoms with Gasteiger partial charge in [-0.25, -0.2) is 4.79 Å². The molecule has 0 radical (unpaired) electrons. The number of carbonyl (C=O) groups excluding carboxylic acids is 1. The van der Waals surface area contributed by atoms with Crippen LogP contribution in [-0.4, -0.2) is 35.1 Å². The van der Waals surface area contributed by atoms with Crippen molar-refractivity contribution in [2.24, 2.45) is 0 Å². The number of rotatable bonds is 3. The molecule has 1 aliphatic carbocycles. The maximum atomic E-state index is 12.5. The topological polar surface area (TPSA) is 29.5 Å². The molecule has 1 unspecified atom stereocenters. The van der Waals surface area contributed by atoms with Crippen LogP contribution in [0.15, 0.2) is 42.5 Å². The van der Waals surface area contributed by atoms with E-state index in [0.717, 1.165) is 29.9 Å². The van der Waals surface area contributed by atoms with Gasteiger partial charge >= 0.3 is 5.97 Å². The van der Waals surface area contributed by atoms with E-state index in [2.05, 4.69) is 25.1 Å². The van der Waals surface area contributed by atoms with Gasteiger partial charge in [0, 0.05) is 13.0 Å². The van der Waals surface area contributed by atoms with Crippen molar-refractivity contribution < 1.29 is 9.53 Å². The molecule has 1 aromatic rings.